The smallest absolute Gasteiger partial charge is 0.244 e. The minimum atomic E-state index is -3.84. The van der Waals surface area contributed by atoms with E-state index in [-0.39, 0.29) is 24.9 Å². The van der Waals surface area contributed by atoms with Gasteiger partial charge >= 0.3 is 0 Å². The number of anilines is 1. The molecule has 10 heteroatoms. The van der Waals surface area contributed by atoms with Crippen molar-refractivity contribution in [2.75, 3.05) is 17.1 Å². The molecule has 0 heterocycles. The third-order valence-corrected chi connectivity index (χ3v) is 8.09. The standard InChI is InChI=1S/C30H35Cl2N3O4S/c1-20(2)33-30(37)28(17-23-9-7-6-8-10-23)34(18-24-11-12-26(31)27(32)16-24)29(36)19-35(40(5,38)39)25-14-21(3)13-22(4)15-25/h6-16,20,28H,17-19H2,1-5H3,(H,33,37)/t28-/m1/s1. The molecule has 3 aromatic rings. The fraction of sp³-hybridized carbons (Fsp3) is 0.333. The zero-order valence-corrected chi connectivity index (χ0v) is 25.6. The summed E-state index contributed by atoms with van der Waals surface area (Å²) in [5.41, 5.74) is 3.61. The van der Waals surface area contributed by atoms with Crippen LogP contribution < -0.4 is 9.62 Å². The van der Waals surface area contributed by atoms with E-state index in [4.69, 9.17) is 23.2 Å². The second-order valence-corrected chi connectivity index (χ2v) is 13.0. The van der Waals surface area contributed by atoms with Gasteiger partial charge in [0.15, 0.2) is 0 Å². The van der Waals surface area contributed by atoms with Crippen LogP contribution in [-0.2, 0) is 32.6 Å². The molecule has 3 rings (SSSR count). The van der Waals surface area contributed by atoms with Gasteiger partial charge in [-0.15, -0.1) is 0 Å². The summed E-state index contributed by atoms with van der Waals surface area (Å²) in [6.07, 6.45) is 1.29. The highest BCUT2D eigenvalue weighted by atomic mass is 35.5. The van der Waals surface area contributed by atoms with Crippen molar-refractivity contribution in [3.63, 3.8) is 0 Å². The lowest BCUT2D eigenvalue weighted by Gasteiger charge is -2.34. The average molecular weight is 605 g/mol. The van der Waals surface area contributed by atoms with Crippen molar-refractivity contribution in [3.8, 4) is 0 Å². The number of rotatable bonds is 11. The molecule has 0 radical (unpaired) electrons. The quantitative estimate of drug-likeness (QED) is 0.312. The van der Waals surface area contributed by atoms with E-state index in [9.17, 15) is 18.0 Å². The predicted molar refractivity (Wildman–Crippen MR) is 162 cm³/mol. The van der Waals surface area contributed by atoms with Crippen molar-refractivity contribution in [2.45, 2.75) is 52.7 Å². The largest absolute Gasteiger partial charge is 0.352 e. The first kappa shape index (κ1) is 31.5. The topological polar surface area (TPSA) is 86.8 Å². The molecule has 0 bridgehead atoms. The van der Waals surface area contributed by atoms with E-state index < -0.39 is 28.5 Å². The SMILES string of the molecule is Cc1cc(C)cc(N(CC(=O)N(Cc2ccc(Cl)c(Cl)c2)[C@H](Cc2ccccc2)C(=O)NC(C)C)S(C)(=O)=O)c1. The molecule has 0 unspecified atom stereocenters. The van der Waals surface area contributed by atoms with Gasteiger partial charge in [-0.05, 0) is 74.2 Å². The maximum Gasteiger partial charge on any atom is 0.244 e. The third kappa shape index (κ3) is 8.71. The summed E-state index contributed by atoms with van der Waals surface area (Å²) in [4.78, 5) is 29.1. The normalized spacial score (nSPS) is 12.2. The predicted octanol–water partition coefficient (Wildman–Crippen LogP) is 5.54. The van der Waals surface area contributed by atoms with Gasteiger partial charge in [-0.3, -0.25) is 13.9 Å². The molecule has 1 N–H and O–H groups in total. The monoisotopic (exact) mass is 603 g/mol. The van der Waals surface area contributed by atoms with E-state index in [0.29, 0.717) is 21.3 Å². The summed E-state index contributed by atoms with van der Waals surface area (Å²) < 4.78 is 27.0. The van der Waals surface area contributed by atoms with Crippen LogP contribution in [0.2, 0.25) is 10.0 Å². The van der Waals surface area contributed by atoms with E-state index in [1.165, 1.54) is 4.90 Å². The van der Waals surface area contributed by atoms with Gasteiger partial charge in [0.2, 0.25) is 21.8 Å². The van der Waals surface area contributed by atoms with Crippen LogP contribution in [0.5, 0.6) is 0 Å². The summed E-state index contributed by atoms with van der Waals surface area (Å²) in [5.74, 6) is -0.875. The van der Waals surface area contributed by atoms with Crippen molar-refractivity contribution < 1.29 is 18.0 Å². The van der Waals surface area contributed by atoms with Crippen molar-refractivity contribution in [1.82, 2.24) is 10.2 Å². The molecule has 2 amide bonds. The molecule has 40 heavy (non-hydrogen) atoms. The molecule has 214 valence electrons. The summed E-state index contributed by atoms with van der Waals surface area (Å²) in [5, 5.41) is 3.59. The number of nitrogens with zero attached hydrogens (tertiary/aromatic N) is 2. The van der Waals surface area contributed by atoms with E-state index in [1.54, 1.807) is 30.3 Å². The van der Waals surface area contributed by atoms with Crippen LogP contribution in [0.3, 0.4) is 0 Å². The number of sulfonamides is 1. The summed E-state index contributed by atoms with van der Waals surface area (Å²) in [6.45, 7) is 6.94. The first-order chi connectivity index (χ1) is 18.7. The number of hydrogen-bond acceptors (Lipinski definition) is 4. The Hall–Kier alpha value is -3.07. The maximum absolute atomic E-state index is 14.1. The number of carbonyl (C=O) groups is 2. The maximum atomic E-state index is 14.1. The van der Waals surface area contributed by atoms with E-state index >= 15 is 0 Å². The molecular formula is C30H35Cl2N3O4S. The van der Waals surface area contributed by atoms with Crippen LogP contribution in [0, 0.1) is 13.8 Å². The molecule has 0 aliphatic heterocycles. The van der Waals surface area contributed by atoms with Gasteiger partial charge in [-0.25, -0.2) is 8.42 Å². The van der Waals surface area contributed by atoms with Crippen molar-refractivity contribution in [2.24, 2.45) is 0 Å². The molecular weight excluding hydrogens is 569 g/mol. The summed E-state index contributed by atoms with van der Waals surface area (Å²) in [6, 6.07) is 18.6. The Balaban J connectivity index is 2.09. The van der Waals surface area contributed by atoms with Crippen LogP contribution in [0.1, 0.15) is 36.1 Å². The van der Waals surface area contributed by atoms with E-state index in [1.807, 2.05) is 64.1 Å². The number of nitrogens with one attached hydrogen (secondary N) is 1. The molecule has 0 saturated heterocycles. The highest BCUT2D eigenvalue weighted by Crippen LogP contribution is 2.26. The van der Waals surface area contributed by atoms with Crippen LogP contribution in [0.15, 0.2) is 66.7 Å². The number of halogens is 2. The Labute approximate surface area is 247 Å². The van der Waals surface area contributed by atoms with Gasteiger partial charge in [-0.1, -0.05) is 65.7 Å². The van der Waals surface area contributed by atoms with Crippen LogP contribution in [-0.4, -0.2) is 50.0 Å². The number of amides is 2. The van der Waals surface area contributed by atoms with Gasteiger partial charge in [0.25, 0.3) is 0 Å². The fourth-order valence-corrected chi connectivity index (χ4v) is 5.63. The number of hydrogen-bond donors (Lipinski definition) is 1. The zero-order chi connectivity index (χ0) is 29.6. The Kier molecular flexibility index (Phi) is 10.6. The lowest BCUT2D eigenvalue weighted by Crippen LogP contribution is -2.54. The molecule has 0 spiro atoms. The lowest BCUT2D eigenvalue weighted by atomic mass is 10.0. The molecule has 0 aromatic heterocycles. The minimum absolute atomic E-state index is 0.0170. The minimum Gasteiger partial charge on any atom is -0.352 e. The summed E-state index contributed by atoms with van der Waals surface area (Å²) in [7, 11) is -3.84. The Morgan fingerprint density at radius 1 is 0.875 bits per heavy atom. The Bertz CT molecular complexity index is 1440. The van der Waals surface area contributed by atoms with Gasteiger partial charge in [0.05, 0.1) is 22.0 Å². The highest BCUT2D eigenvalue weighted by molar-refractivity contribution is 7.92. The van der Waals surface area contributed by atoms with E-state index in [0.717, 1.165) is 27.3 Å². The van der Waals surface area contributed by atoms with Gasteiger partial charge in [0.1, 0.15) is 12.6 Å². The van der Waals surface area contributed by atoms with E-state index in [2.05, 4.69) is 5.32 Å². The molecule has 0 aliphatic carbocycles. The third-order valence-electron chi connectivity index (χ3n) is 6.21. The number of benzene rings is 3. The first-order valence-electron chi connectivity index (χ1n) is 12.9. The molecule has 0 aliphatic rings. The zero-order valence-electron chi connectivity index (χ0n) is 23.3. The lowest BCUT2D eigenvalue weighted by molar-refractivity contribution is -0.140. The van der Waals surface area contributed by atoms with Crippen LogP contribution in [0.25, 0.3) is 0 Å². The van der Waals surface area contributed by atoms with Gasteiger partial charge < -0.3 is 10.2 Å². The number of aryl methyl sites for hydroxylation is 2. The molecule has 0 saturated carbocycles. The van der Waals surface area contributed by atoms with Gasteiger partial charge in [-0.2, -0.15) is 0 Å². The van der Waals surface area contributed by atoms with Gasteiger partial charge in [0, 0.05) is 19.0 Å². The Morgan fingerprint density at radius 3 is 2.05 bits per heavy atom. The highest BCUT2D eigenvalue weighted by Gasteiger charge is 2.33. The molecule has 7 nitrogen and oxygen atoms in total. The fourth-order valence-electron chi connectivity index (χ4n) is 4.48. The summed E-state index contributed by atoms with van der Waals surface area (Å²) >= 11 is 12.4. The Morgan fingerprint density at radius 2 is 1.50 bits per heavy atom. The van der Waals surface area contributed by atoms with Crippen LogP contribution >= 0.6 is 23.2 Å². The second-order valence-electron chi connectivity index (χ2n) is 10.3. The average Bonchev–Trinajstić information content (AvgIpc) is 2.85. The molecule has 1 atom stereocenters. The van der Waals surface area contributed by atoms with Crippen molar-refractivity contribution in [3.05, 3.63) is 99.0 Å². The molecule has 3 aromatic carbocycles. The second kappa shape index (κ2) is 13.5. The van der Waals surface area contributed by atoms with Crippen molar-refractivity contribution >= 4 is 50.7 Å². The van der Waals surface area contributed by atoms with Crippen molar-refractivity contribution in [1.29, 1.82) is 0 Å². The van der Waals surface area contributed by atoms with Crippen LogP contribution in [0.4, 0.5) is 5.69 Å². The first-order valence-corrected chi connectivity index (χ1v) is 15.5. The number of carbonyl (C=O) groups excluding carboxylic acids is 2. The molecule has 0 fully saturated rings.